The fraction of sp³-hybridized carbons (Fsp3) is 0.100. The van der Waals surface area contributed by atoms with Crippen molar-refractivity contribution in [1.82, 2.24) is 5.32 Å². The summed E-state index contributed by atoms with van der Waals surface area (Å²) < 4.78 is 5.75. The standard InChI is InChI=1S/C20H14N2O3S/c23-19-15-8-13(6-5-11(15)9-21-19)22-20(24)17-7-12-10-25-16-4-2-1-3-14(16)18(12)26-17/h1-8H,9-10H2,(H,21,23)(H,22,24). The summed E-state index contributed by atoms with van der Waals surface area (Å²) in [7, 11) is 0. The van der Waals surface area contributed by atoms with Crippen LogP contribution in [0.15, 0.2) is 48.5 Å². The highest BCUT2D eigenvalue weighted by Crippen LogP contribution is 2.42. The molecule has 128 valence electrons. The second-order valence-electron chi connectivity index (χ2n) is 6.26. The van der Waals surface area contributed by atoms with Gasteiger partial charge in [-0.25, -0.2) is 0 Å². The summed E-state index contributed by atoms with van der Waals surface area (Å²) in [6.45, 7) is 1.01. The van der Waals surface area contributed by atoms with Gasteiger partial charge in [0.25, 0.3) is 11.8 Å². The minimum absolute atomic E-state index is 0.101. The number of thiophene rings is 1. The number of para-hydroxylation sites is 1. The van der Waals surface area contributed by atoms with Crippen LogP contribution in [0.1, 0.15) is 31.2 Å². The van der Waals surface area contributed by atoms with Crippen LogP contribution >= 0.6 is 11.3 Å². The van der Waals surface area contributed by atoms with Crippen molar-refractivity contribution in [2.75, 3.05) is 5.32 Å². The van der Waals surface area contributed by atoms with Gasteiger partial charge in [0.15, 0.2) is 0 Å². The van der Waals surface area contributed by atoms with E-state index in [0.29, 0.717) is 29.3 Å². The fourth-order valence-corrected chi connectivity index (χ4v) is 4.39. The second-order valence-corrected chi connectivity index (χ2v) is 7.31. The number of carbonyl (C=O) groups is 2. The van der Waals surface area contributed by atoms with E-state index in [1.807, 2.05) is 42.5 Å². The highest BCUT2D eigenvalue weighted by atomic mass is 32.1. The second kappa shape index (κ2) is 5.71. The molecule has 0 aliphatic carbocycles. The molecule has 0 saturated heterocycles. The normalized spacial score (nSPS) is 13.9. The topological polar surface area (TPSA) is 67.4 Å². The Morgan fingerprint density at radius 1 is 1.08 bits per heavy atom. The van der Waals surface area contributed by atoms with E-state index in [1.165, 1.54) is 11.3 Å². The van der Waals surface area contributed by atoms with E-state index in [-0.39, 0.29) is 11.8 Å². The quantitative estimate of drug-likeness (QED) is 0.729. The number of benzene rings is 2. The fourth-order valence-electron chi connectivity index (χ4n) is 3.29. The molecule has 5 nitrogen and oxygen atoms in total. The number of amides is 2. The van der Waals surface area contributed by atoms with Gasteiger partial charge in [-0.3, -0.25) is 9.59 Å². The molecule has 0 saturated carbocycles. The average Bonchev–Trinajstić information content (AvgIpc) is 3.26. The highest BCUT2D eigenvalue weighted by molar-refractivity contribution is 7.17. The maximum Gasteiger partial charge on any atom is 0.265 e. The number of hydrogen-bond acceptors (Lipinski definition) is 4. The summed E-state index contributed by atoms with van der Waals surface area (Å²) in [4.78, 5) is 26.2. The van der Waals surface area contributed by atoms with E-state index >= 15 is 0 Å². The Bertz CT molecular complexity index is 1070. The summed E-state index contributed by atoms with van der Waals surface area (Å²) in [5.41, 5.74) is 4.23. The largest absolute Gasteiger partial charge is 0.488 e. The Morgan fingerprint density at radius 2 is 1.96 bits per heavy atom. The third-order valence-corrected chi connectivity index (χ3v) is 5.81. The first-order chi connectivity index (χ1) is 12.7. The van der Waals surface area contributed by atoms with Gasteiger partial charge in [-0.1, -0.05) is 18.2 Å². The van der Waals surface area contributed by atoms with Crippen LogP contribution in [0.4, 0.5) is 5.69 Å². The van der Waals surface area contributed by atoms with Crippen molar-refractivity contribution in [2.24, 2.45) is 0 Å². The van der Waals surface area contributed by atoms with E-state index in [2.05, 4.69) is 10.6 Å². The van der Waals surface area contributed by atoms with E-state index in [4.69, 9.17) is 4.74 Å². The molecule has 2 aromatic carbocycles. The summed E-state index contributed by atoms with van der Waals surface area (Å²) >= 11 is 1.46. The molecule has 0 spiro atoms. The Hall–Kier alpha value is -3.12. The molecule has 1 aromatic heterocycles. The molecule has 0 unspecified atom stereocenters. The number of hydrogen-bond donors (Lipinski definition) is 2. The zero-order valence-electron chi connectivity index (χ0n) is 13.7. The lowest BCUT2D eigenvalue weighted by molar-refractivity contribution is 0.0964. The van der Waals surface area contributed by atoms with Gasteiger partial charge in [-0.2, -0.15) is 0 Å². The zero-order chi connectivity index (χ0) is 17.7. The van der Waals surface area contributed by atoms with E-state index in [0.717, 1.165) is 27.3 Å². The number of rotatable bonds is 2. The van der Waals surface area contributed by atoms with E-state index < -0.39 is 0 Å². The lowest BCUT2D eigenvalue weighted by Gasteiger charge is -2.16. The van der Waals surface area contributed by atoms with Crippen molar-refractivity contribution in [2.45, 2.75) is 13.2 Å². The SMILES string of the molecule is O=C(Nc1ccc2c(c1)C(=O)NC2)c1cc2c(s1)-c1ccccc1OC2. The Kier molecular flexibility index (Phi) is 3.33. The minimum atomic E-state index is -0.180. The van der Waals surface area contributed by atoms with Crippen LogP contribution in [0.5, 0.6) is 5.75 Å². The minimum Gasteiger partial charge on any atom is -0.488 e. The van der Waals surface area contributed by atoms with Gasteiger partial charge >= 0.3 is 0 Å². The molecule has 0 radical (unpaired) electrons. The Labute approximate surface area is 153 Å². The molecular weight excluding hydrogens is 348 g/mol. The van der Waals surface area contributed by atoms with Gasteiger partial charge in [-0.05, 0) is 35.9 Å². The van der Waals surface area contributed by atoms with Gasteiger partial charge in [0.05, 0.1) is 4.88 Å². The van der Waals surface area contributed by atoms with Gasteiger partial charge in [0.2, 0.25) is 0 Å². The third kappa shape index (κ3) is 2.38. The lowest BCUT2D eigenvalue weighted by Crippen LogP contribution is -2.13. The first-order valence-corrected chi connectivity index (χ1v) is 9.08. The predicted molar refractivity (Wildman–Crippen MR) is 99.7 cm³/mol. The van der Waals surface area contributed by atoms with Crippen molar-refractivity contribution in [3.63, 3.8) is 0 Å². The van der Waals surface area contributed by atoms with Crippen molar-refractivity contribution in [3.05, 3.63) is 70.1 Å². The Morgan fingerprint density at radius 3 is 2.88 bits per heavy atom. The Balaban J connectivity index is 1.44. The maximum absolute atomic E-state index is 12.7. The number of carbonyl (C=O) groups excluding carboxylic acids is 2. The predicted octanol–water partition coefficient (Wildman–Crippen LogP) is 3.80. The summed E-state index contributed by atoms with van der Waals surface area (Å²) in [5, 5.41) is 5.67. The van der Waals surface area contributed by atoms with E-state index in [9.17, 15) is 9.59 Å². The van der Waals surface area contributed by atoms with Crippen molar-refractivity contribution >= 4 is 28.8 Å². The van der Waals surface area contributed by atoms with Crippen molar-refractivity contribution in [1.29, 1.82) is 0 Å². The molecule has 3 heterocycles. The van der Waals surface area contributed by atoms with Crippen molar-refractivity contribution < 1.29 is 14.3 Å². The van der Waals surface area contributed by atoms with E-state index in [1.54, 1.807) is 6.07 Å². The summed E-state index contributed by atoms with van der Waals surface area (Å²) in [6, 6.07) is 15.1. The zero-order valence-corrected chi connectivity index (χ0v) is 14.5. The first kappa shape index (κ1) is 15.2. The van der Waals surface area contributed by atoms with Gasteiger partial charge in [0.1, 0.15) is 12.4 Å². The smallest absolute Gasteiger partial charge is 0.265 e. The maximum atomic E-state index is 12.7. The van der Waals surface area contributed by atoms with Crippen LogP contribution in [0.3, 0.4) is 0 Å². The molecule has 2 N–H and O–H groups in total. The molecular formula is C20H14N2O3S. The average molecular weight is 362 g/mol. The summed E-state index contributed by atoms with van der Waals surface area (Å²) in [5.74, 6) is 0.565. The van der Waals surface area contributed by atoms with Gasteiger partial charge in [0, 0.05) is 33.8 Å². The monoisotopic (exact) mass is 362 g/mol. The number of fused-ring (bicyclic) bond motifs is 4. The lowest BCUT2D eigenvalue weighted by atomic mass is 10.1. The molecule has 0 atom stereocenters. The molecule has 6 heteroatoms. The molecule has 26 heavy (non-hydrogen) atoms. The molecule has 0 fully saturated rings. The summed E-state index contributed by atoms with van der Waals surface area (Å²) in [6.07, 6.45) is 0. The van der Waals surface area contributed by atoms with Crippen LogP contribution in [0, 0.1) is 0 Å². The van der Waals surface area contributed by atoms with Crippen molar-refractivity contribution in [3.8, 4) is 16.2 Å². The number of anilines is 1. The molecule has 2 amide bonds. The first-order valence-electron chi connectivity index (χ1n) is 8.26. The molecule has 2 aliphatic rings. The molecule has 0 bridgehead atoms. The number of nitrogens with one attached hydrogen (secondary N) is 2. The molecule has 5 rings (SSSR count). The molecule has 3 aromatic rings. The highest BCUT2D eigenvalue weighted by Gasteiger charge is 2.23. The van der Waals surface area contributed by atoms with Gasteiger partial charge in [-0.15, -0.1) is 11.3 Å². The third-order valence-electron chi connectivity index (χ3n) is 4.60. The van der Waals surface area contributed by atoms with Crippen LogP contribution in [-0.4, -0.2) is 11.8 Å². The van der Waals surface area contributed by atoms with Crippen LogP contribution < -0.4 is 15.4 Å². The van der Waals surface area contributed by atoms with Gasteiger partial charge < -0.3 is 15.4 Å². The number of ether oxygens (including phenoxy) is 1. The van der Waals surface area contributed by atoms with Crippen LogP contribution in [0.25, 0.3) is 10.4 Å². The van der Waals surface area contributed by atoms with Crippen LogP contribution in [-0.2, 0) is 13.2 Å². The van der Waals surface area contributed by atoms with Crippen LogP contribution in [0.2, 0.25) is 0 Å². The molecule has 2 aliphatic heterocycles.